The minimum Gasteiger partial charge on any atom is -0.497 e. The highest BCUT2D eigenvalue weighted by Crippen LogP contribution is 2.26. The summed E-state index contributed by atoms with van der Waals surface area (Å²) in [6.45, 7) is 1.97. The van der Waals surface area contributed by atoms with Crippen molar-refractivity contribution in [2.75, 3.05) is 26.0 Å². The van der Waals surface area contributed by atoms with E-state index in [0.29, 0.717) is 13.0 Å². The Morgan fingerprint density at radius 3 is 2.42 bits per heavy atom. The van der Waals surface area contributed by atoms with E-state index < -0.39 is 33.3 Å². The SMILES string of the molecule is COc1ccc(C2=CCN(S(=O)(=O)C[C@@]3(C)NC(=O)NC3=O)CC2)cc1. The third-order valence-corrected chi connectivity index (χ3v) is 6.68. The molecule has 0 saturated carbocycles. The van der Waals surface area contributed by atoms with Gasteiger partial charge < -0.3 is 10.1 Å². The first-order valence-corrected chi connectivity index (χ1v) is 9.79. The van der Waals surface area contributed by atoms with E-state index in [2.05, 4.69) is 10.6 Å². The maximum Gasteiger partial charge on any atom is 0.322 e. The number of amides is 3. The number of carbonyl (C=O) groups excluding carboxylic acids is 2. The third kappa shape index (κ3) is 3.58. The van der Waals surface area contributed by atoms with Gasteiger partial charge in [0.1, 0.15) is 11.3 Å². The van der Waals surface area contributed by atoms with Crippen LogP contribution in [-0.2, 0) is 14.8 Å². The van der Waals surface area contributed by atoms with Crippen molar-refractivity contribution in [2.24, 2.45) is 0 Å². The Labute approximate surface area is 152 Å². The molecule has 3 amide bonds. The van der Waals surface area contributed by atoms with Crippen LogP contribution in [0.5, 0.6) is 5.75 Å². The van der Waals surface area contributed by atoms with Gasteiger partial charge in [-0.15, -0.1) is 0 Å². The predicted molar refractivity (Wildman–Crippen MR) is 96.0 cm³/mol. The van der Waals surface area contributed by atoms with E-state index in [1.54, 1.807) is 7.11 Å². The minimum absolute atomic E-state index is 0.231. The molecule has 1 atom stereocenters. The van der Waals surface area contributed by atoms with Crippen LogP contribution in [0.4, 0.5) is 4.79 Å². The van der Waals surface area contributed by atoms with E-state index in [1.807, 2.05) is 30.3 Å². The summed E-state index contributed by atoms with van der Waals surface area (Å²) in [5.41, 5.74) is 0.644. The number of nitrogens with zero attached hydrogens (tertiary/aromatic N) is 1. The molecule has 2 heterocycles. The number of sulfonamides is 1. The molecule has 3 rings (SSSR count). The zero-order valence-electron chi connectivity index (χ0n) is 14.6. The van der Waals surface area contributed by atoms with Crippen LogP contribution < -0.4 is 15.4 Å². The lowest BCUT2D eigenvalue weighted by atomic mass is 10.0. The lowest BCUT2D eigenvalue weighted by Crippen LogP contribution is -2.52. The van der Waals surface area contributed by atoms with Gasteiger partial charge in [-0.1, -0.05) is 18.2 Å². The maximum absolute atomic E-state index is 12.7. The molecule has 9 heteroatoms. The molecular weight excluding hydrogens is 358 g/mol. The van der Waals surface area contributed by atoms with Gasteiger partial charge in [-0.25, -0.2) is 13.2 Å². The predicted octanol–water partition coefficient (Wildman–Crippen LogP) is 0.712. The molecule has 1 aromatic carbocycles. The number of nitrogens with one attached hydrogen (secondary N) is 2. The smallest absolute Gasteiger partial charge is 0.322 e. The van der Waals surface area contributed by atoms with Crippen LogP contribution >= 0.6 is 0 Å². The summed E-state index contributed by atoms with van der Waals surface area (Å²) < 4.78 is 31.8. The van der Waals surface area contributed by atoms with Gasteiger partial charge in [-0.3, -0.25) is 10.1 Å². The molecule has 26 heavy (non-hydrogen) atoms. The molecule has 0 aliphatic carbocycles. The van der Waals surface area contributed by atoms with Crippen LogP contribution in [0.2, 0.25) is 0 Å². The summed E-state index contributed by atoms with van der Waals surface area (Å²) in [6.07, 6.45) is 2.44. The fraction of sp³-hybridized carbons (Fsp3) is 0.412. The molecule has 2 aliphatic heterocycles. The molecule has 0 spiro atoms. The van der Waals surface area contributed by atoms with Gasteiger partial charge >= 0.3 is 6.03 Å². The van der Waals surface area contributed by atoms with Gasteiger partial charge in [0.15, 0.2) is 0 Å². The first kappa shape index (κ1) is 18.4. The summed E-state index contributed by atoms with van der Waals surface area (Å²) >= 11 is 0. The number of hydrogen-bond acceptors (Lipinski definition) is 5. The van der Waals surface area contributed by atoms with E-state index in [9.17, 15) is 18.0 Å². The highest BCUT2D eigenvalue weighted by molar-refractivity contribution is 7.89. The van der Waals surface area contributed by atoms with Crippen molar-refractivity contribution in [3.8, 4) is 5.75 Å². The summed E-state index contributed by atoms with van der Waals surface area (Å²) in [5, 5.41) is 4.46. The molecule has 1 aromatic rings. The Balaban J connectivity index is 1.70. The van der Waals surface area contributed by atoms with Crippen LogP contribution in [0.1, 0.15) is 18.9 Å². The average Bonchev–Trinajstić information content (AvgIpc) is 2.86. The second kappa shape index (κ2) is 6.73. The van der Waals surface area contributed by atoms with Crippen molar-refractivity contribution in [3.63, 3.8) is 0 Å². The molecule has 0 aromatic heterocycles. The zero-order valence-corrected chi connectivity index (χ0v) is 15.4. The summed E-state index contributed by atoms with van der Waals surface area (Å²) in [7, 11) is -2.10. The number of methoxy groups -OCH3 is 1. The summed E-state index contributed by atoms with van der Waals surface area (Å²) in [4.78, 5) is 23.2. The number of rotatable bonds is 5. The van der Waals surface area contributed by atoms with Gasteiger partial charge in [0.25, 0.3) is 5.91 Å². The molecule has 140 valence electrons. The van der Waals surface area contributed by atoms with Gasteiger partial charge in [0.2, 0.25) is 10.0 Å². The Morgan fingerprint density at radius 1 is 1.23 bits per heavy atom. The largest absolute Gasteiger partial charge is 0.497 e. The Hall–Kier alpha value is -2.39. The van der Waals surface area contributed by atoms with Gasteiger partial charge in [-0.05, 0) is 36.6 Å². The third-order valence-electron chi connectivity index (χ3n) is 4.61. The Bertz CT molecular complexity index is 863. The van der Waals surface area contributed by atoms with Crippen molar-refractivity contribution in [2.45, 2.75) is 18.9 Å². The normalized spacial score (nSPS) is 24.0. The number of imide groups is 1. The van der Waals surface area contributed by atoms with Crippen LogP contribution in [0.3, 0.4) is 0 Å². The molecule has 2 aliphatic rings. The van der Waals surface area contributed by atoms with Gasteiger partial charge in [0, 0.05) is 13.1 Å². The lowest BCUT2D eigenvalue weighted by Gasteiger charge is -2.29. The number of benzene rings is 1. The van der Waals surface area contributed by atoms with Crippen molar-refractivity contribution in [3.05, 3.63) is 35.9 Å². The fourth-order valence-corrected chi connectivity index (χ4v) is 4.89. The zero-order chi connectivity index (χ0) is 18.9. The van der Waals surface area contributed by atoms with Crippen molar-refractivity contribution < 1.29 is 22.7 Å². The minimum atomic E-state index is -3.70. The Morgan fingerprint density at radius 2 is 1.92 bits per heavy atom. The topological polar surface area (TPSA) is 105 Å². The first-order chi connectivity index (χ1) is 12.2. The molecule has 8 nitrogen and oxygen atoms in total. The molecule has 1 fully saturated rings. The monoisotopic (exact) mass is 379 g/mol. The Kier molecular flexibility index (Phi) is 4.76. The second-order valence-corrected chi connectivity index (χ2v) is 8.53. The second-order valence-electron chi connectivity index (χ2n) is 6.56. The van der Waals surface area contributed by atoms with E-state index in [-0.39, 0.29) is 6.54 Å². The van der Waals surface area contributed by atoms with Crippen LogP contribution in [0.25, 0.3) is 5.57 Å². The highest BCUT2D eigenvalue weighted by atomic mass is 32.2. The van der Waals surface area contributed by atoms with Crippen LogP contribution in [0.15, 0.2) is 30.3 Å². The molecular formula is C17H21N3O5S. The first-order valence-electron chi connectivity index (χ1n) is 8.18. The van der Waals surface area contributed by atoms with E-state index in [0.717, 1.165) is 16.9 Å². The van der Waals surface area contributed by atoms with E-state index in [1.165, 1.54) is 11.2 Å². The fourth-order valence-electron chi connectivity index (χ4n) is 3.11. The highest BCUT2D eigenvalue weighted by Gasteiger charge is 2.46. The number of carbonyl (C=O) groups is 2. The van der Waals surface area contributed by atoms with E-state index >= 15 is 0 Å². The molecule has 0 radical (unpaired) electrons. The standard InChI is InChI=1S/C17H21N3O5S/c1-17(15(21)18-16(22)19-17)11-26(23,24)20-9-7-13(8-10-20)12-3-5-14(25-2)6-4-12/h3-7H,8-11H2,1-2H3,(H2,18,19,21,22)/t17-/m1/s1. The number of urea groups is 1. The molecule has 2 N–H and O–H groups in total. The van der Waals surface area contributed by atoms with E-state index in [4.69, 9.17) is 4.74 Å². The summed E-state index contributed by atoms with van der Waals surface area (Å²) in [6, 6.07) is 6.93. The molecule has 0 bridgehead atoms. The average molecular weight is 379 g/mol. The van der Waals surface area contributed by atoms with Crippen molar-refractivity contribution in [1.82, 2.24) is 14.9 Å². The summed E-state index contributed by atoms with van der Waals surface area (Å²) in [5.74, 6) is -0.333. The number of ether oxygens (including phenoxy) is 1. The quantitative estimate of drug-likeness (QED) is 0.733. The van der Waals surface area contributed by atoms with Crippen molar-refractivity contribution >= 4 is 27.5 Å². The molecule has 1 saturated heterocycles. The van der Waals surface area contributed by atoms with Crippen molar-refractivity contribution in [1.29, 1.82) is 0 Å². The molecule has 0 unspecified atom stereocenters. The number of hydrogen-bond donors (Lipinski definition) is 2. The van der Waals surface area contributed by atoms with Crippen LogP contribution in [-0.4, -0.2) is 56.2 Å². The van der Waals surface area contributed by atoms with Gasteiger partial charge in [-0.2, -0.15) is 4.31 Å². The maximum atomic E-state index is 12.7. The lowest BCUT2D eigenvalue weighted by molar-refractivity contribution is -0.122. The van der Waals surface area contributed by atoms with Crippen LogP contribution in [0, 0.1) is 0 Å². The van der Waals surface area contributed by atoms with Gasteiger partial charge in [0.05, 0.1) is 12.9 Å².